The summed E-state index contributed by atoms with van der Waals surface area (Å²) in [6.07, 6.45) is 0.861. The van der Waals surface area contributed by atoms with Gasteiger partial charge in [0, 0.05) is 16.5 Å². The molecule has 0 bridgehead atoms. The summed E-state index contributed by atoms with van der Waals surface area (Å²) in [6, 6.07) is 8.53. The standard InChI is InChI=1S/C15H12BrClFNO/c16-11-3-2-10(14(18)13(11)17)15(19)9-1-4-12-8(7-9)5-6-20-12/h1-4,7,15H,5-6,19H2. The summed E-state index contributed by atoms with van der Waals surface area (Å²) in [7, 11) is 0. The number of halogens is 3. The van der Waals surface area contributed by atoms with Crippen molar-refractivity contribution in [2.24, 2.45) is 5.73 Å². The van der Waals surface area contributed by atoms with E-state index in [0.717, 1.165) is 23.3 Å². The molecule has 0 saturated heterocycles. The lowest BCUT2D eigenvalue weighted by atomic mass is 9.97. The summed E-state index contributed by atoms with van der Waals surface area (Å²) in [5.41, 5.74) is 8.53. The molecule has 0 aliphatic carbocycles. The van der Waals surface area contributed by atoms with Gasteiger partial charge in [-0.25, -0.2) is 4.39 Å². The van der Waals surface area contributed by atoms with Gasteiger partial charge in [0.1, 0.15) is 11.6 Å². The van der Waals surface area contributed by atoms with Crippen LogP contribution in [0.4, 0.5) is 4.39 Å². The minimum absolute atomic E-state index is 0.0578. The maximum atomic E-state index is 14.2. The van der Waals surface area contributed by atoms with Crippen LogP contribution in [-0.2, 0) is 6.42 Å². The molecule has 1 unspecified atom stereocenters. The molecular weight excluding hydrogens is 345 g/mol. The lowest BCUT2D eigenvalue weighted by Gasteiger charge is -2.15. The van der Waals surface area contributed by atoms with Crippen molar-refractivity contribution in [2.75, 3.05) is 6.61 Å². The van der Waals surface area contributed by atoms with Crippen molar-refractivity contribution in [3.05, 3.63) is 62.3 Å². The van der Waals surface area contributed by atoms with E-state index in [1.165, 1.54) is 0 Å². The van der Waals surface area contributed by atoms with E-state index >= 15 is 0 Å². The maximum absolute atomic E-state index is 14.2. The number of hydrogen-bond acceptors (Lipinski definition) is 2. The molecule has 0 radical (unpaired) electrons. The Bertz CT molecular complexity index is 677. The normalized spacial score (nSPS) is 14.8. The average molecular weight is 357 g/mol. The van der Waals surface area contributed by atoms with Crippen molar-refractivity contribution in [3.8, 4) is 5.75 Å². The molecule has 104 valence electrons. The van der Waals surface area contributed by atoms with E-state index in [-0.39, 0.29) is 5.02 Å². The van der Waals surface area contributed by atoms with Crippen LogP contribution in [-0.4, -0.2) is 6.61 Å². The fourth-order valence-electron chi connectivity index (χ4n) is 2.36. The number of benzene rings is 2. The quantitative estimate of drug-likeness (QED) is 0.818. The Balaban J connectivity index is 2.00. The third-order valence-electron chi connectivity index (χ3n) is 3.47. The van der Waals surface area contributed by atoms with E-state index in [9.17, 15) is 4.39 Å². The van der Waals surface area contributed by atoms with Crippen LogP contribution in [0.1, 0.15) is 22.7 Å². The number of hydrogen-bond donors (Lipinski definition) is 1. The average Bonchev–Trinajstić information content (AvgIpc) is 2.91. The van der Waals surface area contributed by atoms with Crippen LogP contribution >= 0.6 is 27.5 Å². The van der Waals surface area contributed by atoms with Gasteiger partial charge in [0.15, 0.2) is 0 Å². The van der Waals surface area contributed by atoms with Crippen molar-refractivity contribution in [1.29, 1.82) is 0 Å². The molecule has 0 spiro atoms. The van der Waals surface area contributed by atoms with Crippen molar-refractivity contribution in [3.63, 3.8) is 0 Å². The van der Waals surface area contributed by atoms with E-state index in [0.29, 0.717) is 16.6 Å². The van der Waals surface area contributed by atoms with E-state index in [4.69, 9.17) is 22.1 Å². The molecular formula is C15H12BrClFNO. The lowest BCUT2D eigenvalue weighted by molar-refractivity contribution is 0.357. The SMILES string of the molecule is NC(c1ccc2c(c1)CCO2)c1ccc(Br)c(Cl)c1F. The van der Waals surface area contributed by atoms with Crippen LogP contribution in [0.3, 0.4) is 0 Å². The fraction of sp³-hybridized carbons (Fsp3) is 0.200. The minimum atomic E-state index is -0.550. The first-order valence-electron chi connectivity index (χ1n) is 6.22. The second-order valence-electron chi connectivity index (χ2n) is 4.71. The Morgan fingerprint density at radius 3 is 2.90 bits per heavy atom. The highest BCUT2D eigenvalue weighted by Crippen LogP contribution is 2.34. The molecule has 0 fully saturated rings. The number of rotatable bonds is 2. The summed E-state index contributed by atoms with van der Waals surface area (Å²) in [5.74, 6) is 0.403. The highest BCUT2D eigenvalue weighted by molar-refractivity contribution is 9.10. The zero-order valence-electron chi connectivity index (χ0n) is 10.5. The zero-order chi connectivity index (χ0) is 14.3. The zero-order valence-corrected chi connectivity index (χ0v) is 12.8. The van der Waals surface area contributed by atoms with Gasteiger partial charge in [-0.2, -0.15) is 0 Å². The van der Waals surface area contributed by atoms with Gasteiger partial charge >= 0.3 is 0 Å². The third kappa shape index (κ3) is 2.32. The Hall–Kier alpha value is -1.10. The minimum Gasteiger partial charge on any atom is -0.493 e. The summed E-state index contributed by atoms with van der Waals surface area (Å²) < 4.78 is 20.2. The highest BCUT2D eigenvalue weighted by Gasteiger charge is 2.20. The van der Waals surface area contributed by atoms with E-state index < -0.39 is 11.9 Å². The number of nitrogens with two attached hydrogens (primary N) is 1. The molecule has 5 heteroatoms. The molecule has 2 nitrogen and oxygen atoms in total. The smallest absolute Gasteiger partial charge is 0.148 e. The highest BCUT2D eigenvalue weighted by atomic mass is 79.9. The van der Waals surface area contributed by atoms with Gasteiger partial charge in [-0.05, 0) is 39.2 Å². The van der Waals surface area contributed by atoms with Gasteiger partial charge in [0.25, 0.3) is 0 Å². The molecule has 1 aliphatic rings. The Kier molecular flexibility index (Phi) is 3.71. The predicted molar refractivity (Wildman–Crippen MR) is 80.8 cm³/mol. The molecule has 1 atom stereocenters. The Morgan fingerprint density at radius 1 is 1.30 bits per heavy atom. The van der Waals surface area contributed by atoms with Crippen molar-refractivity contribution in [2.45, 2.75) is 12.5 Å². The molecule has 0 saturated carbocycles. The van der Waals surface area contributed by atoms with Crippen molar-refractivity contribution >= 4 is 27.5 Å². The lowest BCUT2D eigenvalue weighted by Crippen LogP contribution is -2.14. The number of fused-ring (bicyclic) bond motifs is 1. The molecule has 0 aromatic heterocycles. The first-order valence-corrected chi connectivity index (χ1v) is 7.39. The van der Waals surface area contributed by atoms with E-state index in [1.54, 1.807) is 12.1 Å². The predicted octanol–water partition coefficient (Wildman–Crippen LogP) is 4.22. The largest absolute Gasteiger partial charge is 0.493 e. The second kappa shape index (κ2) is 5.35. The summed E-state index contributed by atoms with van der Waals surface area (Å²) in [5, 5.41) is 0.0578. The molecule has 1 aliphatic heterocycles. The van der Waals surface area contributed by atoms with Gasteiger partial charge in [-0.3, -0.25) is 0 Å². The van der Waals surface area contributed by atoms with Crippen LogP contribution in [0, 0.1) is 5.82 Å². The molecule has 2 aromatic rings. The van der Waals surface area contributed by atoms with Gasteiger partial charge in [-0.15, -0.1) is 0 Å². The molecule has 20 heavy (non-hydrogen) atoms. The summed E-state index contributed by atoms with van der Waals surface area (Å²) >= 11 is 9.11. The Labute approximate surface area is 129 Å². The van der Waals surface area contributed by atoms with Crippen LogP contribution in [0.5, 0.6) is 5.75 Å². The van der Waals surface area contributed by atoms with Gasteiger partial charge in [0.2, 0.25) is 0 Å². The first kappa shape index (κ1) is 13.9. The maximum Gasteiger partial charge on any atom is 0.148 e. The topological polar surface area (TPSA) is 35.2 Å². The first-order chi connectivity index (χ1) is 9.58. The van der Waals surface area contributed by atoms with Gasteiger partial charge in [0.05, 0.1) is 17.7 Å². The van der Waals surface area contributed by atoms with E-state index in [1.807, 2.05) is 18.2 Å². The fourth-order valence-corrected chi connectivity index (χ4v) is 2.84. The Morgan fingerprint density at radius 2 is 2.10 bits per heavy atom. The monoisotopic (exact) mass is 355 g/mol. The van der Waals surface area contributed by atoms with Crippen molar-refractivity contribution in [1.82, 2.24) is 0 Å². The van der Waals surface area contributed by atoms with Crippen LogP contribution in [0.25, 0.3) is 0 Å². The molecule has 1 heterocycles. The van der Waals surface area contributed by atoms with Gasteiger partial charge in [-0.1, -0.05) is 29.8 Å². The van der Waals surface area contributed by atoms with Crippen LogP contribution in [0.2, 0.25) is 5.02 Å². The van der Waals surface area contributed by atoms with Crippen molar-refractivity contribution < 1.29 is 9.13 Å². The number of ether oxygens (including phenoxy) is 1. The molecule has 3 rings (SSSR count). The third-order valence-corrected chi connectivity index (χ3v) is 4.73. The van der Waals surface area contributed by atoms with E-state index in [2.05, 4.69) is 15.9 Å². The summed E-state index contributed by atoms with van der Waals surface area (Å²) in [4.78, 5) is 0. The molecule has 2 aromatic carbocycles. The van der Waals surface area contributed by atoms with Crippen LogP contribution in [0.15, 0.2) is 34.8 Å². The molecule has 0 amide bonds. The van der Waals surface area contributed by atoms with Gasteiger partial charge < -0.3 is 10.5 Å². The second-order valence-corrected chi connectivity index (χ2v) is 5.94. The molecule has 2 N–H and O–H groups in total. The summed E-state index contributed by atoms with van der Waals surface area (Å²) in [6.45, 7) is 0.687. The van der Waals surface area contributed by atoms with Crippen LogP contribution < -0.4 is 10.5 Å².